The fourth-order valence-corrected chi connectivity index (χ4v) is 1.97. The van der Waals surface area contributed by atoms with E-state index in [9.17, 15) is 4.79 Å². The van der Waals surface area contributed by atoms with Crippen LogP contribution in [-0.4, -0.2) is 27.0 Å². The molecular formula is C14H26O3Si. The second-order valence-electron chi connectivity index (χ2n) is 6.05. The van der Waals surface area contributed by atoms with Gasteiger partial charge in [-0.3, -0.25) is 0 Å². The molecule has 0 saturated heterocycles. The number of rotatable bonds is 6. The van der Waals surface area contributed by atoms with Gasteiger partial charge in [-0.25, -0.2) is 4.79 Å². The highest BCUT2D eigenvalue weighted by Crippen LogP contribution is 2.36. The van der Waals surface area contributed by atoms with Crippen molar-refractivity contribution in [1.29, 1.82) is 0 Å². The Morgan fingerprint density at radius 2 is 1.89 bits per heavy atom. The molecule has 0 bridgehead atoms. The molecule has 0 aromatic rings. The maximum absolute atomic E-state index is 11.2. The van der Waals surface area contributed by atoms with E-state index in [1.807, 2.05) is 6.92 Å². The van der Waals surface area contributed by atoms with E-state index >= 15 is 0 Å². The molecule has 18 heavy (non-hydrogen) atoms. The number of carbonyl (C=O) groups excluding carboxylic acids is 1. The average molecular weight is 270 g/mol. The molecular weight excluding hydrogens is 244 g/mol. The van der Waals surface area contributed by atoms with Gasteiger partial charge in [0.2, 0.25) is 0 Å². The maximum atomic E-state index is 11.2. The van der Waals surface area contributed by atoms with Crippen LogP contribution in [0.4, 0.5) is 0 Å². The number of hydrogen-bond donors (Lipinski definition) is 0. The predicted octanol–water partition coefficient (Wildman–Crippen LogP) is 3.68. The first-order valence-electron chi connectivity index (χ1n) is 6.13. The maximum Gasteiger partial charge on any atom is 0.330 e. The molecule has 0 aromatic carbocycles. The molecule has 0 N–H and O–H groups in total. The van der Waals surface area contributed by atoms with Gasteiger partial charge < -0.3 is 9.16 Å². The van der Waals surface area contributed by atoms with E-state index in [0.717, 1.165) is 11.6 Å². The van der Waals surface area contributed by atoms with Crippen LogP contribution in [0.2, 0.25) is 18.1 Å². The molecule has 0 amide bonds. The Kier molecular flexibility index (Phi) is 6.03. The summed E-state index contributed by atoms with van der Waals surface area (Å²) >= 11 is 0. The van der Waals surface area contributed by atoms with Crippen LogP contribution in [0.25, 0.3) is 0 Å². The second-order valence-corrected chi connectivity index (χ2v) is 10.9. The summed E-state index contributed by atoms with van der Waals surface area (Å²) in [7, 11) is -1.83. The molecule has 0 radical (unpaired) electrons. The number of hydrogen-bond acceptors (Lipinski definition) is 3. The third kappa shape index (κ3) is 5.19. The normalized spacial score (nSPS) is 13.9. The minimum atomic E-state index is -1.83. The third-order valence-corrected chi connectivity index (χ3v) is 7.88. The van der Waals surface area contributed by atoms with Gasteiger partial charge in [-0.05, 0) is 30.6 Å². The van der Waals surface area contributed by atoms with Crippen molar-refractivity contribution < 1.29 is 14.0 Å². The average Bonchev–Trinajstić information content (AvgIpc) is 2.21. The summed E-state index contributed by atoms with van der Waals surface area (Å²) in [5.74, 6) is -0.443. The first kappa shape index (κ1) is 17.1. The SMILES string of the molecule is C=CC(=O)O[C@@H](CO[Si](C)(C)C(C)(C)C)C(=C)C. The molecule has 1 atom stereocenters. The molecule has 104 valence electrons. The molecule has 0 spiro atoms. The molecule has 4 heteroatoms. The van der Waals surface area contributed by atoms with Crippen molar-refractivity contribution in [3.8, 4) is 0 Å². The van der Waals surface area contributed by atoms with Crippen molar-refractivity contribution in [1.82, 2.24) is 0 Å². The highest BCUT2D eigenvalue weighted by molar-refractivity contribution is 6.74. The molecule has 0 unspecified atom stereocenters. The van der Waals surface area contributed by atoms with Gasteiger partial charge in [0.15, 0.2) is 8.32 Å². The fourth-order valence-electron chi connectivity index (χ4n) is 0.966. The minimum Gasteiger partial charge on any atom is -0.452 e. The van der Waals surface area contributed by atoms with Crippen molar-refractivity contribution in [2.24, 2.45) is 0 Å². The summed E-state index contributed by atoms with van der Waals surface area (Å²) in [6.07, 6.45) is 0.757. The van der Waals surface area contributed by atoms with Gasteiger partial charge in [0, 0.05) is 6.08 Å². The highest BCUT2D eigenvalue weighted by atomic mass is 28.4. The van der Waals surface area contributed by atoms with Gasteiger partial charge in [-0.2, -0.15) is 0 Å². The zero-order chi connectivity index (χ0) is 14.6. The van der Waals surface area contributed by atoms with E-state index in [1.165, 1.54) is 0 Å². The quantitative estimate of drug-likeness (QED) is 0.320. The lowest BCUT2D eigenvalue weighted by Gasteiger charge is -2.37. The molecule has 0 rings (SSSR count). The van der Waals surface area contributed by atoms with E-state index in [4.69, 9.17) is 9.16 Å². The van der Waals surface area contributed by atoms with Gasteiger partial charge in [-0.15, -0.1) is 0 Å². The molecule has 0 fully saturated rings. The van der Waals surface area contributed by atoms with E-state index in [1.54, 1.807) is 0 Å². The Morgan fingerprint density at radius 3 is 2.22 bits per heavy atom. The fraction of sp³-hybridized carbons (Fsp3) is 0.643. The Balaban J connectivity index is 4.59. The van der Waals surface area contributed by atoms with Crippen molar-refractivity contribution in [2.75, 3.05) is 6.61 Å². The summed E-state index contributed by atoms with van der Waals surface area (Å²) < 4.78 is 11.2. The lowest BCUT2D eigenvalue weighted by molar-refractivity contribution is -0.142. The van der Waals surface area contributed by atoms with Gasteiger partial charge in [0.1, 0.15) is 6.10 Å². The number of esters is 1. The van der Waals surface area contributed by atoms with Crippen molar-refractivity contribution >= 4 is 14.3 Å². The predicted molar refractivity (Wildman–Crippen MR) is 78.0 cm³/mol. The van der Waals surface area contributed by atoms with E-state index < -0.39 is 20.4 Å². The molecule has 0 aliphatic rings. The summed E-state index contributed by atoms with van der Waals surface area (Å²) in [6.45, 7) is 20.3. The second kappa shape index (κ2) is 6.34. The van der Waals surface area contributed by atoms with E-state index in [0.29, 0.717) is 6.61 Å². The first-order chi connectivity index (χ1) is 8.01. The monoisotopic (exact) mass is 270 g/mol. The van der Waals surface area contributed by atoms with Crippen LogP contribution < -0.4 is 0 Å². The molecule has 0 heterocycles. The Morgan fingerprint density at radius 1 is 1.39 bits per heavy atom. The lowest BCUT2D eigenvalue weighted by atomic mass is 10.2. The highest BCUT2D eigenvalue weighted by Gasteiger charge is 2.37. The van der Waals surface area contributed by atoms with Crippen LogP contribution in [0.1, 0.15) is 27.7 Å². The molecule has 0 aliphatic carbocycles. The summed E-state index contributed by atoms with van der Waals surface area (Å²) in [6, 6.07) is 0. The number of carbonyl (C=O) groups is 1. The minimum absolute atomic E-state index is 0.134. The zero-order valence-corrected chi connectivity index (χ0v) is 13.5. The van der Waals surface area contributed by atoms with Gasteiger partial charge >= 0.3 is 5.97 Å². The zero-order valence-electron chi connectivity index (χ0n) is 12.5. The van der Waals surface area contributed by atoms with E-state index in [-0.39, 0.29) is 5.04 Å². The largest absolute Gasteiger partial charge is 0.452 e. The van der Waals surface area contributed by atoms with Crippen LogP contribution in [0.15, 0.2) is 24.8 Å². The van der Waals surface area contributed by atoms with E-state index in [2.05, 4.69) is 47.0 Å². The lowest BCUT2D eigenvalue weighted by Crippen LogP contribution is -2.43. The van der Waals surface area contributed by atoms with Gasteiger partial charge in [0.05, 0.1) is 6.61 Å². The van der Waals surface area contributed by atoms with Crippen molar-refractivity contribution in [3.63, 3.8) is 0 Å². The van der Waals surface area contributed by atoms with Crippen LogP contribution in [0.3, 0.4) is 0 Å². The smallest absolute Gasteiger partial charge is 0.330 e. The Labute approximate surface area is 112 Å². The summed E-state index contributed by atoms with van der Waals surface area (Å²) in [4.78, 5) is 11.2. The Bertz CT molecular complexity index is 326. The van der Waals surface area contributed by atoms with Crippen LogP contribution >= 0.6 is 0 Å². The number of ether oxygens (including phenoxy) is 1. The molecule has 0 saturated carbocycles. The summed E-state index contributed by atoms with van der Waals surface area (Å²) in [5, 5.41) is 0.134. The van der Waals surface area contributed by atoms with Crippen molar-refractivity contribution in [3.05, 3.63) is 24.8 Å². The van der Waals surface area contributed by atoms with Crippen LogP contribution in [-0.2, 0) is 14.0 Å². The topological polar surface area (TPSA) is 35.5 Å². The third-order valence-electron chi connectivity index (χ3n) is 3.38. The van der Waals surface area contributed by atoms with Gasteiger partial charge in [0.25, 0.3) is 0 Å². The molecule has 0 aromatic heterocycles. The van der Waals surface area contributed by atoms with Crippen LogP contribution in [0.5, 0.6) is 0 Å². The molecule has 0 aliphatic heterocycles. The Hall–Kier alpha value is -0.873. The van der Waals surface area contributed by atoms with Gasteiger partial charge in [-0.1, -0.05) is 33.9 Å². The first-order valence-corrected chi connectivity index (χ1v) is 9.04. The van der Waals surface area contributed by atoms with Crippen LogP contribution in [0, 0.1) is 0 Å². The molecule has 3 nitrogen and oxygen atoms in total. The summed E-state index contributed by atoms with van der Waals surface area (Å²) in [5.41, 5.74) is 0.781. The van der Waals surface area contributed by atoms with Crippen molar-refractivity contribution in [2.45, 2.75) is 51.9 Å². The standard InChI is InChI=1S/C14H26O3Si/c1-9-13(15)17-12(11(2)3)10-16-18(7,8)14(4,5)6/h9,12H,1-2,10H2,3-8H3/t12-/m0/s1.